The molecule has 1 aliphatic heterocycles. The van der Waals surface area contributed by atoms with Crippen LogP contribution < -0.4 is 15.4 Å². The van der Waals surface area contributed by atoms with Crippen LogP contribution in [0.5, 0.6) is 5.75 Å². The molecule has 0 radical (unpaired) electrons. The van der Waals surface area contributed by atoms with Crippen molar-refractivity contribution in [1.82, 2.24) is 5.32 Å². The molecule has 5 heteroatoms. The van der Waals surface area contributed by atoms with E-state index in [9.17, 15) is 4.79 Å². The van der Waals surface area contributed by atoms with Crippen LogP contribution in [-0.2, 0) is 4.79 Å². The number of rotatable bonds is 4. The molecule has 1 unspecified atom stereocenters. The van der Waals surface area contributed by atoms with Crippen molar-refractivity contribution in [3.63, 3.8) is 0 Å². The fraction of sp³-hybridized carbons (Fsp3) is 0.533. The molecule has 2 rings (SSSR count). The highest BCUT2D eigenvalue weighted by molar-refractivity contribution is 6.33. The summed E-state index contributed by atoms with van der Waals surface area (Å²) in [5.41, 5.74) is 0.231. The minimum atomic E-state index is -0.369. The van der Waals surface area contributed by atoms with Crippen molar-refractivity contribution in [2.75, 3.05) is 25.5 Å². The summed E-state index contributed by atoms with van der Waals surface area (Å²) in [5.74, 6) is 0.961. The summed E-state index contributed by atoms with van der Waals surface area (Å²) >= 11 is 6.14. The van der Waals surface area contributed by atoms with Crippen molar-refractivity contribution < 1.29 is 9.53 Å². The molecule has 0 aliphatic carbocycles. The first-order valence-electron chi connectivity index (χ1n) is 6.85. The molecule has 1 aliphatic rings. The van der Waals surface area contributed by atoms with Gasteiger partial charge in [0.05, 0.1) is 23.2 Å². The summed E-state index contributed by atoms with van der Waals surface area (Å²) in [5, 5.41) is 6.76. The SMILES string of the molecule is COc1ccc(Cl)c(NC(=O)C2(C(C)C)CCNC2)c1. The average molecular weight is 297 g/mol. The van der Waals surface area contributed by atoms with Crippen molar-refractivity contribution >= 4 is 23.2 Å². The van der Waals surface area contributed by atoms with Gasteiger partial charge >= 0.3 is 0 Å². The summed E-state index contributed by atoms with van der Waals surface area (Å²) in [6.45, 7) is 5.75. The number of methoxy groups -OCH3 is 1. The molecule has 1 saturated heterocycles. The van der Waals surface area contributed by atoms with Crippen LogP contribution >= 0.6 is 11.6 Å². The van der Waals surface area contributed by atoms with Crippen LogP contribution in [-0.4, -0.2) is 26.1 Å². The third kappa shape index (κ3) is 2.76. The second-order valence-electron chi connectivity index (χ2n) is 5.54. The molecule has 1 aromatic rings. The smallest absolute Gasteiger partial charge is 0.232 e. The Kier molecular flexibility index (Phi) is 4.55. The van der Waals surface area contributed by atoms with Gasteiger partial charge in [-0.3, -0.25) is 4.79 Å². The Balaban J connectivity index is 2.22. The number of carbonyl (C=O) groups is 1. The zero-order chi connectivity index (χ0) is 14.8. The molecule has 0 saturated carbocycles. The first-order valence-corrected chi connectivity index (χ1v) is 7.23. The van der Waals surface area contributed by atoms with Gasteiger partial charge in [0, 0.05) is 12.6 Å². The molecule has 1 aromatic carbocycles. The standard InChI is InChI=1S/C15H21ClN2O2/c1-10(2)15(6-7-17-9-15)14(19)18-13-8-11(20-3)4-5-12(13)16/h4-5,8,10,17H,6-7,9H2,1-3H3,(H,18,19). The van der Waals surface area contributed by atoms with E-state index in [0.29, 0.717) is 23.0 Å². The summed E-state index contributed by atoms with van der Waals surface area (Å²) in [7, 11) is 1.59. The molecule has 1 amide bonds. The summed E-state index contributed by atoms with van der Waals surface area (Å²) < 4.78 is 5.17. The maximum Gasteiger partial charge on any atom is 0.232 e. The number of hydrogen-bond donors (Lipinski definition) is 2. The Morgan fingerprint density at radius 3 is 2.80 bits per heavy atom. The molecule has 0 bridgehead atoms. The average Bonchev–Trinajstić information content (AvgIpc) is 2.92. The van der Waals surface area contributed by atoms with Crippen LogP contribution in [0.15, 0.2) is 18.2 Å². The minimum absolute atomic E-state index is 0.0210. The molecular weight excluding hydrogens is 276 g/mol. The van der Waals surface area contributed by atoms with E-state index in [2.05, 4.69) is 24.5 Å². The first kappa shape index (κ1) is 15.1. The Labute approximate surface area is 124 Å². The number of halogens is 1. The van der Waals surface area contributed by atoms with Gasteiger partial charge in [-0.05, 0) is 31.0 Å². The molecule has 0 aromatic heterocycles. The van der Waals surface area contributed by atoms with Gasteiger partial charge < -0.3 is 15.4 Å². The van der Waals surface area contributed by atoms with E-state index in [1.54, 1.807) is 25.3 Å². The highest BCUT2D eigenvalue weighted by atomic mass is 35.5. The summed E-state index contributed by atoms with van der Waals surface area (Å²) in [6.07, 6.45) is 0.845. The highest BCUT2D eigenvalue weighted by Crippen LogP contribution is 2.36. The van der Waals surface area contributed by atoms with Crippen molar-refractivity contribution in [3.05, 3.63) is 23.2 Å². The van der Waals surface area contributed by atoms with E-state index in [0.717, 1.165) is 13.0 Å². The van der Waals surface area contributed by atoms with Gasteiger partial charge in [0.15, 0.2) is 0 Å². The van der Waals surface area contributed by atoms with E-state index in [-0.39, 0.29) is 17.2 Å². The van der Waals surface area contributed by atoms with Crippen LogP contribution in [0.4, 0.5) is 5.69 Å². The Bertz CT molecular complexity index is 497. The Hall–Kier alpha value is -1.26. The maximum atomic E-state index is 12.7. The number of carbonyl (C=O) groups excluding carboxylic acids is 1. The van der Waals surface area contributed by atoms with E-state index in [1.165, 1.54) is 0 Å². The van der Waals surface area contributed by atoms with Crippen molar-refractivity contribution in [3.8, 4) is 5.75 Å². The lowest BCUT2D eigenvalue weighted by Gasteiger charge is -2.31. The third-order valence-corrected chi connectivity index (χ3v) is 4.50. The lowest BCUT2D eigenvalue weighted by atomic mass is 9.75. The molecule has 1 atom stereocenters. The van der Waals surface area contributed by atoms with E-state index in [1.807, 2.05) is 0 Å². The quantitative estimate of drug-likeness (QED) is 0.898. The second-order valence-corrected chi connectivity index (χ2v) is 5.94. The molecule has 0 spiro atoms. The number of anilines is 1. The topological polar surface area (TPSA) is 50.4 Å². The van der Waals surface area contributed by atoms with Crippen LogP contribution in [0.25, 0.3) is 0 Å². The number of amides is 1. The van der Waals surface area contributed by atoms with Crippen LogP contribution in [0, 0.1) is 11.3 Å². The van der Waals surface area contributed by atoms with Gasteiger partial charge in [0.25, 0.3) is 0 Å². The third-order valence-electron chi connectivity index (χ3n) is 4.17. The summed E-state index contributed by atoms with van der Waals surface area (Å²) in [4.78, 5) is 12.7. The predicted molar refractivity (Wildman–Crippen MR) is 81.4 cm³/mol. The van der Waals surface area contributed by atoms with Crippen molar-refractivity contribution in [2.45, 2.75) is 20.3 Å². The fourth-order valence-corrected chi connectivity index (χ4v) is 2.80. The monoisotopic (exact) mass is 296 g/mol. The number of nitrogens with one attached hydrogen (secondary N) is 2. The molecule has 110 valence electrons. The van der Waals surface area contributed by atoms with Gasteiger partial charge in [0.2, 0.25) is 5.91 Å². The van der Waals surface area contributed by atoms with Gasteiger partial charge in [-0.2, -0.15) is 0 Å². The van der Waals surface area contributed by atoms with Crippen LogP contribution in [0.2, 0.25) is 5.02 Å². The Morgan fingerprint density at radius 2 is 2.25 bits per heavy atom. The Morgan fingerprint density at radius 1 is 1.50 bits per heavy atom. The molecule has 1 heterocycles. The van der Waals surface area contributed by atoms with Crippen LogP contribution in [0.3, 0.4) is 0 Å². The summed E-state index contributed by atoms with van der Waals surface area (Å²) in [6, 6.07) is 5.24. The van der Waals surface area contributed by atoms with Gasteiger partial charge in [-0.15, -0.1) is 0 Å². The fourth-order valence-electron chi connectivity index (χ4n) is 2.63. The van der Waals surface area contributed by atoms with E-state index < -0.39 is 0 Å². The number of hydrogen-bond acceptors (Lipinski definition) is 3. The molecule has 20 heavy (non-hydrogen) atoms. The van der Waals surface area contributed by atoms with E-state index >= 15 is 0 Å². The highest BCUT2D eigenvalue weighted by Gasteiger charge is 2.44. The lowest BCUT2D eigenvalue weighted by molar-refractivity contribution is -0.126. The predicted octanol–water partition coefficient (Wildman–Crippen LogP) is 2.92. The van der Waals surface area contributed by atoms with Gasteiger partial charge in [-0.1, -0.05) is 25.4 Å². The minimum Gasteiger partial charge on any atom is -0.497 e. The second kappa shape index (κ2) is 6.02. The molecule has 4 nitrogen and oxygen atoms in total. The molecule has 2 N–H and O–H groups in total. The number of ether oxygens (including phenoxy) is 1. The first-order chi connectivity index (χ1) is 9.49. The maximum absolute atomic E-state index is 12.7. The van der Waals surface area contributed by atoms with E-state index in [4.69, 9.17) is 16.3 Å². The van der Waals surface area contributed by atoms with Gasteiger partial charge in [-0.25, -0.2) is 0 Å². The number of benzene rings is 1. The zero-order valence-electron chi connectivity index (χ0n) is 12.1. The largest absolute Gasteiger partial charge is 0.497 e. The van der Waals surface area contributed by atoms with Crippen molar-refractivity contribution in [1.29, 1.82) is 0 Å². The van der Waals surface area contributed by atoms with Crippen LogP contribution in [0.1, 0.15) is 20.3 Å². The lowest BCUT2D eigenvalue weighted by Crippen LogP contribution is -2.42. The molecular formula is C15H21ClN2O2. The molecule has 1 fully saturated rings. The van der Waals surface area contributed by atoms with Crippen molar-refractivity contribution in [2.24, 2.45) is 11.3 Å². The van der Waals surface area contributed by atoms with Gasteiger partial charge in [0.1, 0.15) is 5.75 Å². The normalized spacial score (nSPS) is 22.1. The zero-order valence-corrected chi connectivity index (χ0v) is 12.9.